The molecule has 0 atom stereocenters. The highest BCUT2D eigenvalue weighted by Gasteiger charge is 2.19. The summed E-state index contributed by atoms with van der Waals surface area (Å²) >= 11 is 1.67. The van der Waals surface area contributed by atoms with E-state index in [9.17, 15) is 0 Å². The molecule has 0 bridgehead atoms. The second kappa shape index (κ2) is 4.47. The molecule has 1 rings (SSSR count). The molecule has 3 heteroatoms. The van der Waals surface area contributed by atoms with Gasteiger partial charge in [0.15, 0.2) is 0 Å². The molecule has 1 aliphatic rings. The number of hydrogen-bond donors (Lipinski definition) is 0. The van der Waals surface area contributed by atoms with Gasteiger partial charge >= 0.3 is 0 Å². The minimum atomic E-state index is 0.234. The van der Waals surface area contributed by atoms with Crippen molar-refractivity contribution in [2.45, 2.75) is 38.9 Å². The Morgan fingerprint density at radius 2 is 2.08 bits per heavy atom. The third-order valence-corrected chi connectivity index (χ3v) is 2.72. The maximum atomic E-state index is 5.12. The molecule has 1 fully saturated rings. The highest BCUT2D eigenvalue weighted by molar-refractivity contribution is 7.99. The van der Waals surface area contributed by atoms with Gasteiger partial charge in [-0.3, -0.25) is 0 Å². The minimum Gasteiger partial charge on any atom is -0.381 e. The Morgan fingerprint density at radius 3 is 2.46 bits per heavy atom. The summed E-state index contributed by atoms with van der Waals surface area (Å²) in [5.74, 6) is 0.726. The zero-order valence-electron chi connectivity index (χ0n) is 8.96. The fourth-order valence-electron chi connectivity index (χ4n) is 1.07. The van der Waals surface area contributed by atoms with E-state index in [-0.39, 0.29) is 4.75 Å². The van der Waals surface area contributed by atoms with E-state index < -0.39 is 0 Å². The third-order valence-electron chi connectivity index (χ3n) is 1.77. The Bertz CT molecular complexity index is 192. The molecular weight excluding hydrogens is 182 g/mol. The van der Waals surface area contributed by atoms with E-state index >= 15 is 0 Å². The standard InChI is InChI=1S/C10H19NOS/c1-8(5-9-6-12-7-9)11-13-10(2,3)4/h9H,5-7H2,1-4H3. The molecule has 0 N–H and O–H groups in total. The lowest BCUT2D eigenvalue weighted by atomic mass is 10.0. The first-order valence-electron chi connectivity index (χ1n) is 4.77. The van der Waals surface area contributed by atoms with Crippen molar-refractivity contribution in [3.63, 3.8) is 0 Å². The Balaban J connectivity index is 2.24. The van der Waals surface area contributed by atoms with Gasteiger partial charge in [0.25, 0.3) is 0 Å². The molecule has 76 valence electrons. The average Bonchev–Trinajstić information content (AvgIpc) is 1.91. The number of ether oxygens (including phenoxy) is 1. The maximum absolute atomic E-state index is 5.12. The molecule has 2 nitrogen and oxygen atoms in total. The van der Waals surface area contributed by atoms with Crippen LogP contribution in [0, 0.1) is 5.92 Å². The van der Waals surface area contributed by atoms with Crippen LogP contribution in [0.3, 0.4) is 0 Å². The topological polar surface area (TPSA) is 21.6 Å². The predicted octanol–water partition coefficient (Wildman–Crippen LogP) is 2.93. The lowest BCUT2D eigenvalue weighted by Crippen LogP contribution is -2.29. The van der Waals surface area contributed by atoms with E-state index in [4.69, 9.17) is 4.74 Å². The summed E-state index contributed by atoms with van der Waals surface area (Å²) in [4.78, 5) is 0. The normalized spacial score (nSPS) is 20.2. The van der Waals surface area contributed by atoms with Crippen LogP contribution in [0.2, 0.25) is 0 Å². The molecule has 0 aromatic carbocycles. The lowest BCUT2D eigenvalue weighted by molar-refractivity contribution is -0.0279. The van der Waals surface area contributed by atoms with E-state index in [1.807, 2.05) is 0 Å². The molecule has 0 unspecified atom stereocenters. The molecule has 0 saturated carbocycles. The second-order valence-corrected chi connectivity index (χ2v) is 6.23. The van der Waals surface area contributed by atoms with Crippen LogP contribution in [0.4, 0.5) is 0 Å². The van der Waals surface area contributed by atoms with Crippen molar-refractivity contribution in [3.8, 4) is 0 Å². The zero-order valence-corrected chi connectivity index (χ0v) is 9.78. The lowest BCUT2D eigenvalue weighted by Gasteiger charge is -2.25. The Morgan fingerprint density at radius 1 is 1.46 bits per heavy atom. The van der Waals surface area contributed by atoms with Gasteiger partial charge in [-0.25, -0.2) is 4.40 Å². The second-order valence-electron chi connectivity index (χ2n) is 4.64. The van der Waals surface area contributed by atoms with Crippen LogP contribution in [0.15, 0.2) is 4.40 Å². The summed E-state index contributed by atoms with van der Waals surface area (Å²) in [6, 6.07) is 0. The first-order chi connectivity index (χ1) is 5.97. The van der Waals surface area contributed by atoms with Crippen molar-refractivity contribution in [2.24, 2.45) is 10.3 Å². The molecule has 1 saturated heterocycles. The van der Waals surface area contributed by atoms with Crippen LogP contribution in [-0.2, 0) is 4.74 Å². The Hall–Kier alpha value is -0.0200. The summed E-state index contributed by atoms with van der Waals surface area (Å²) < 4.78 is 9.85. The van der Waals surface area contributed by atoms with Gasteiger partial charge in [0.2, 0.25) is 0 Å². The van der Waals surface area contributed by atoms with Gasteiger partial charge in [-0.1, -0.05) is 0 Å². The highest BCUT2D eigenvalue weighted by atomic mass is 32.2. The maximum Gasteiger partial charge on any atom is 0.0520 e. The first-order valence-corrected chi connectivity index (χ1v) is 5.54. The minimum absolute atomic E-state index is 0.234. The van der Waals surface area contributed by atoms with Crippen LogP contribution < -0.4 is 0 Å². The van der Waals surface area contributed by atoms with E-state index in [1.54, 1.807) is 11.9 Å². The predicted molar refractivity (Wildman–Crippen MR) is 59.4 cm³/mol. The highest BCUT2D eigenvalue weighted by Crippen LogP contribution is 2.25. The number of hydrogen-bond acceptors (Lipinski definition) is 3. The van der Waals surface area contributed by atoms with Crippen molar-refractivity contribution in [2.75, 3.05) is 13.2 Å². The van der Waals surface area contributed by atoms with Crippen LogP contribution >= 0.6 is 11.9 Å². The number of nitrogens with zero attached hydrogens (tertiary/aromatic N) is 1. The van der Waals surface area contributed by atoms with Crippen molar-refractivity contribution >= 4 is 17.7 Å². The fourth-order valence-corrected chi connectivity index (χ4v) is 1.58. The quantitative estimate of drug-likeness (QED) is 0.517. The fraction of sp³-hybridized carbons (Fsp3) is 0.900. The molecule has 0 radical (unpaired) electrons. The first kappa shape index (κ1) is 11.1. The largest absolute Gasteiger partial charge is 0.381 e. The molecule has 13 heavy (non-hydrogen) atoms. The molecule has 0 aromatic rings. The van der Waals surface area contributed by atoms with E-state index in [1.165, 1.54) is 5.71 Å². The van der Waals surface area contributed by atoms with E-state index in [0.717, 1.165) is 25.6 Å². The van der Waals surface area contributed by atoms with Gasteiger partial charge in [-0.05, 0) is 46.1 Å². The van der Waals surface area contributed by atoms with Gasteiger partial charge in [-0.15, -0.1) is 0 Å². The third kappa shape index (κ3) is 4.67. The molecule has 1 heterocycles. The molecule has 0 aliphatic carbocycles. The summed E-state index contributed by atoms with van der Waals surface area (Å²) in [5.41, 5.74) is 1.24. The van der Waals surface area contributed by atoms with E-state index in [2.05, 4.69) is 32.1 Å². The van der Waals surface area contributed by atoms with Gasteiger partial charge in [0.1, 0.15) is 0 Å². The van der Waals surface area contributed by atoms with Crippen LogP contribution in [0.5, 0.6) is 0 Å². The molecular formula is C10H19NOS. The van der Waals surface area contributed by atoms with Gasteiger partial charge in [0.05, 0.1) is 13.2 Å². The van der Waals surface area contributed by atoms with Gasteiger partial charge in [0, 0.05) is 16.4 Å². The van der Waals surface area contributed by atoms with Crippen molar-refractivity contribution in [1.29, 1.82) is 0 Å². The Kier molecular flexibility index (Phi) is 3.80. The molecule has 0 amide bonds. The van der Waals surface area contributed by atoms with Crippen LogP contribution in [0.1, 0.15) is 34.1 Å². The zero-order chi connectivity index (χ0) is 9.90. The van der Waals surface area contributed by atoms with Crippen molar-refractivity contribution in [1.82, 2.24) is 0 Å². The monoisotopic (exact) mass is 201 g/mol. The van der Waals surface area contributed by atoms with Gasteiger partial charge < -0.3 is 4.74 Å². The summed E-state index contributed by atoms with van der Waals surface area (Å²) in [5, 5.41) is 0. The number of rotatable bonds is 3. The average molecular weight is 201 g/mol. The van der Waals surface area contributed by atoms with Crippen molar-refractivity contribution in [3.05, 3.63) is 0 Å². The smallest absolute Gasteiger partial charge is 0.0520 e. The SMILES string of the molecule is CC(CC1COC1)=NSC(C)(C)C. The Labute approximate surface area is 85.3 Å². The van der Waals surface area contributed by atoms with Crippen LogP contribution in [-0.4, -0.2) is 23.7 Å². The van der Waals surface area contributed by atoms with Crippen LogP contribution in [0.25, 0.3) is 0 Å². The van der Waals surface area contributed by atoms with E-state index in [0.29, 0.717) is 0 Å². The molecule has 0 spiro atoms. The van der Waals surface area contributed by atoms with Gasteiger partial charge in [-0.2, -0.15) is 0 Å². The van der Waals surface area contributed by atoms with Crippen molar-refractivity contribution < 1.29 is 4.74 Å². The molecule has 0 aromatic heterocycles. The summed E-state index contributed by atoms with van der Waals surface area (Å²) in [6.45, 7) is 10.5. The summed E-state index contributed by atoms with van der Waals surface area (Å²) in [6.07, 6.45) is 1.10. The molecule has 1 aliphatic heterocycles. The summed E-state index contributed by atoms with van der Waals surface area (Å²) in [7, 11) is 0.